The Bertz CT molecular complexity index is 1260. The number of nitrogens with one attached hydrogen (secondary N) is 1. The first-order valence-corrected chi connectivity index (χ1v) is 12.3. The first-order valence-electron chi connectivity index (χ1n) is 12.3. The topological polar surface area (TPSA) is 71.5 Å². The molecule has 0 bridgehead atoms. The number of aromatic nitrogens is 1. The lowest BCUT2D eigenvalue weighted by Gasteiger charge is -2.32. The average Bonchev–Trinajstić information content (AvgIpc) is 2.96. The molecule has 1 heterocycles. The van der Waals surface area contributed by atoms with Gasteiger partial charge in [0.2, 0.25) is 11.8 Å². The van der Waals surface area contributed by atoms with Gasteiger partial charge >= 0.3 is 0 Å². The van der Waals surface area contributed by atoms with E-state index in [4.69, 9.17) is 4.74 Å². The fourth-order valence-electron chi connectivity index (χ4n) is 4.18. The fourth-order valence-corrected chi connectivity index (χ4v) is 4.18. The van der Waals surface area contributed by atoms with Crippen molar-refractivity contribution >= 4 is 11.8 Å². The molecule has 6 nitrogen and oxygen atoms in total. The molecule has 0 saturated heterocycles. The number of amides is 2. The maximum Gasteiger partial charge on any atom is 0.247 e. The van der Waals surface area contributed by atoms with Crippen molar-refractivity contribution in [1.29, 1.82) is 0 Å². The third-order valence-corrected chi connectivity index (χ3v) is 6.15. The monoisotopic (exact) mass is 493 g/mol. The summed E-state index contributed by atoms with van der Waals surface area (Å²) >= 11 is 0. The van der Waals surface area contributed by atoms with Gasteiger partial charge in [0, 0.05) is 19.2 Å². The number of aryl methyl sites for hydroxylation is 1. The van der Waals surface area contributed by atoms with E-state index in [1.165, 1.54) is 0 Å². The molecule has 0 aliphatic carbocycles. The maximum atomic E-state index is 13.7. The highest BCUT2D eigenvalue weighted by Crippen LogP contribution is 2.26. The Morgan fingerprint density at radius 2 is 1.51 bits per heavy atom. The molecule has 188 valence electrons. The lowest BCUT2D eigenvalue weighted by Crippen LogP contribution is -2.43. The SMILES string of the molecule is COc1ccc(CN(C(=O)CCc2ccccc2)[C@@H](C(=O)NCc2ccccn2)c2ccccc2)cc1. The summed E-state index contributed by atoms with van der Waals surface area (Å²) < 4.78 is 5.29. The van der Waals surface area contributed by atoms with Crippen LogP contribution < -0.4 is 10.1 Å². The molecule has 3 aromatic carbocycles. The molecule has 4 aromatic rings. The molecule has 4 rings (SSSR count). The molecular weight excluding hydrogens is 462 g/mol. The van der Waals surface area contributed by atoms with E-state index < -0.39 is 6.04 Å². The number of benzene rings is 3. The van der Waals surface area contributed by atoms with Gasteiger partial charge in [0.1, 0.15) is 11.8 Å². The minimum Gasteiger partial charge on any atom is -0.497 e. The highest BCUT2D eigenvalue weighted by atomic mass is 16.5. The molecule has 0 fully saturated rings. The number of carbonyl (C=O) groups excluding carboxylic acids is 2. The second kappa shape index (κ2) is 13.0. The number of nitrogens with zero attached hydrogens (tertiary/aromatic N) is 2. The van der Waals surface area contributed by atoms with Crippen molar-refractivity contribution in [2.75, 3.05) is 7.11 Å². The predicted molar refractivity (Wildman–Crippen MR) is 144 cm³/mol. The maximum absolute atomic E-state index is 13.7. The van der Waals surface area contributed by atoms with Crippen LogP contribution in [0.4, 0.5) is 0 Å². The van der Waals surface area contributed by atoms with Crippen LogP contribution in [0.1, 0.15) is 34.8 Å². The molecular formula is C31H31N3O3. The molecule has 37 heavy (non-hydrogen) atoms. The summed E-state index contributed by atoms with van der Waals surface area (Å²) in [4.78, 5) is 33.4. The van der Waals surface area contributed by atoms with Gasteiger partial charge in [-0.25, -0.2) is 0 Å². The molecule has 1 aromatic heterocycles. The van der Waals surface area contributed by atoms with Gasteiger partial charge in [-0.05, 0) is 47.4 Å². The summed E-state index contributed by atoms with van der Waals surface area (Å²) in [5.41, 5.74) is 3.49. The van der Waals surface area contributed by atoms with E-state index >= 15 is 0 Å². The van der Waals surface area contributed by atoms with Crippen LogP contribution >= 0.6 is 0 Å². The standard InChI is InChI=1S/C31H31N3O3/c1-37-28-18-15-25(16-19-28)23-34(29(35)20-17-24-10-4-2-5-11-24)30(26-12-6-3-7-13-26)31(36)33-22-27-14-8-9-21-32-27/h2-16,18-19,21,30H,17,20,22-23H2,1H3,(H,33,36)/t30-/m1/s1. The van der Waals surface area contributed by atoms with Crippen molar-refractivity contribution in [3.8, 4) is 5.75 Å². The van der Waals surface area contributed by atoms with Crippen LogP contribution in [-0.2, 0) is 29.1 Å². The van der Waals surface area contributed by atoms with Gasteiger partial charge in [-0.15, -0.1) is 0 Å². The van der Waals surface area contributed by atoms with E-state index in [2.05, 4.69) is 10.3 Å². The number of hydrogen-bond acceptors (Lipinski definition) is 4. The summed E-state index contributed by atoms with van der Waals surface area (Å²) in [6, 6.07) is 31.7. The van der Waals surface area contributed by atoms with E-state index in [9.17, 15) is 9.59 Å². The smallest absolute Gasteiger partial charge is 0.247 e. The first kappa shape index (κ1) is 25.6. The van der Waals surface area contributed by atoms with Gasteiger partial charge in [-0.1, -0.05) is 78.9 Å². The van der Waals surface area contributed by atoms with Crippen molar-refractivity contribution in [3.05, 3.63) is 132 Å². The number of pyridine rings is 1. The van der Waals surface area contributed by atoms with Gasteiger partial charge in [-0.3, -0.25) is 14.6 Å². The van der Waals surface area contributed by atoms with Gasteiger partial charge in [0.25, 0.3) is 0 Å². The number of hydrogen-bond donors (Lipinski definition) is 1. The van der Waals surface area contributed by atoms with Gasteiger partial charge in [-0.2, -0.15) is 0 Å². The summed E-state index contributed by atoms with van der Waals surface area (Å²) in [5.74, 6) is 0.387. The largest absolute Gasteiger partial charge is 0.497 e. The minimum absolute atomic E-state index is 0.0958. The lowest BCUT2D eigenvalue weighted by molar-refractivity contribution is -0.141. The van der Waals surface area contributed by atoms with Crippen LogP contribution in [0.3, 0.4) is 0 Å². The summed E-state index contributed by atoms with van der Waals surface area (Å²) in [6.07, 6.45) is 2.58. The van der Waals surface area contributed by atoms with Crippen molar-refractivity contribution in [2.45, 2.75) is 32.0 Å². The third-order valence-electron chi connectivity index (χ3n) is 6.15. The quantitative estimate of drug-likeness (QED) is 0.315. The van der Waals surface area contributed by atoms with Gasteiger partial charge < -0.3 is 15.0 Å². The van der Waals surface area contributed by atoms with Gasteiger partial charge in [0.05, 0.1) is 19.3 Å². The van der Waals surface area contributed by atoms with E-state index in [1.807, 2.05) is 103 Å². The third kappa shape index (κ3) is 7.27. The molecule has 0 aliphatic rings. The molecule has 0 radical (unpaired) electrons. The zero-order valence-corrected chi connectivity index (χ0v) is 20.9. The van der Waals surface area contributed by atoms with Crippen LogP contribution in [0.15, 0.2) is 109 Å². The summed E-state index contributed by atoms with van der Waals surface area (Å²) in [7, 11) is 1.62. The molecule has 6 heteroatoms. The second-order valence-electron chi connectivity index (χ2n) is 8.71. The second-order valence-corrected chi connectivity index (χ2v) is 8.71. The van der Waals surface area contributed by atoms with Crippen LogP contribution in [-0.4, -0.2) is 28.8 Å². The molecule has 2 amide bonds. The van der Waals surface area contributed by atoms with Crippen LogP contribution in [0, 0.1) is 0 Å². The Labute approximate surface area is 217 Å². The highest BCUT2D eigenvalue weighted by Gasteiger charge is 2.31. The zero-order chi connectivity index (χ0) is 25.9. The number of rotatable bonds is 11. The molecule has 0 unspecified atom stereocenters. The fraction of sp³-hybridized carbons (Fsp3) is 0.194. The average molecular weight is 494 g/mol. The van der Waals surface area contributed by atoms with E-state index in [0.717, 1.165) is 28.1 Å². The number of methoxy groups -OCH3 is 1. The van der Waals surface area contributed by atoms with E-state index in [-0.39, 0.29) is 31.3 Å². The minimum atomic E-state index is -0.796. The Hall–Kier alpha value is -4.45. The van der Waals surface area contributed by atoms with Crippen molar-refractivity contribution < 1.29 is 14.3 Å². The Morgan fingerprint density at radius 1 is 0.838 bits per heavy atom. The normalized spacial score (nSPS) is 11.4. The molecule has 0 aliphatic heterocycles. The van der Waals surface area contributed by atoms with Crippen molar-refractivity contribution in [3.63, 3.8) is 0 Å². The highest BCUT2D eigenvalue weighted by molar-refractivity contribution is 5.88. The molecule has 0 spiro atoms. The van der Waals surface area contributed by atoms with E-state index in [0.29, 0.717) is 6.42 Å². The summed E-state index contributed by atoms with van der Waals surface area (Å²) in [5, 5.41) is 3.00. The van der Waals surface area contributed by atoms with Crippen molar-refractivity contribution in [2.24, 2.45) is 0 Å². The Kier molecular flexibility index (Phi) is 9.02. The van der Waals surface area contributed by atoms with Gasteiger partial charge in [0.15, 0.2) is 0 Å². The lowest BCUT2D eigenvalue weighted by atomic mass is 10.0. The van der Waals surface area contributed by atoms with Crippen LogP contribution in [0.25, 0.3) is 0 Å². The first-order chi connectivity index (χ1) is 18.1. The van der Waals surface area contributed by atoms with Crippen LogP contribution in [0.5, 0.6) is 5.75 Å². The zero-order valence-electron chi connectivity index (χ0n) is 20.9. The molecule has 0 saturated carbocycles. The summed E-state index contributed by atoms with van der Waals surface area (Å²) in [6.45, 7) is 0.561. The number of carbonyl (C=O) groups is 2. The molecule has 1 N–H and O–H groups in total. The predicted octanol–water partition coefficient (Wildman–Crippen LogP) is 5.11. The Morgan fingerprint density at radius 3 is 2.16 bits per heavy atom. The van der Waals surface area contributed by atoms with E-state index in [1.54, 1.807) is 18.2 Å². The number of ether oxygens (including phenoxy) is 1. The van der Waals surface area contributed by atoms with Crippen molar-refractivity contribution in [1.82, 2.24) is 15.2 Å². The Balaban J connectivity index is 1.63. The van der Waals surface area contributed by atoms with Crippen LogP contribution in [0.2, 0.25) is 0 Å². The molecule has 1 atom stereocenters.